The smallest absolute Gasteiger partial charge is 0.0945 e. The van der Waals surface area contributed by atoms with Crippen LogP contribution in [0.5, 0.6) is 0 Å². The molecule has 2 fully saturated rings. The zero-order valence-corrected chi connectivity index (χ0v) is 6.71. The molecule has 4 aliphatic carbocycles. The molecule has 2 atom stereocenters. The molecular formula is C10H14O. The second kappa shape index (κ2) is 1.82. The van der Waals surface area contributed by atoms with E-state index in [9.17, 15) is 5.11 Å². The third-order valence-electron chi connectivity index (χ3n) is 3.72. The first kappa shape index (κ1) is 6.10. The van der Waals surface area contributed by atoms with Gasteiger partial charge in [-0.25, -0.2) is 0 Å². The zero-order chi connectivity index (χ0) is 7.42. The Hall–Kier alpha value is -0.460. The van der Waals surface area contributed by atoms with Crippen LogP contribution in [0, 0.1) is 17.8 Å². The first-order valence-corrected chi connectivity index (χ1v) is 4.74. The Kier molecular flexibility index (Phi) is 1.01. The fourth-order valence-electron chi connectivity index (χ4n) is 3.40. The van der Waals surface area contributed by atoms with Crippen molar-refractivity contribution < 1.29 is 5.11 Å². The van der Waals surface area contributed by atoms with Crippen LogP contribution in [0.2, 0.25) is 0 Å². The Bertz CT molecular complexity index is 213. The summed E-state index contributed by atoms with van der Waals surface area (Å²) in [5.41, 5.74) is 1.41. The fraction of sp³-hybridized carbons (Fsp3) is 0.800. The van der Waals surface area contributed by atoms with Crippen molar-refractivity contribution in [1.82, 2.24) is 0 Å². The van der Waals surface area contributed by atoms with Crippen molar-refractivity contribution >= 4 is 0 Å². The van der Waals surface area contributed by atoms with Gasteiger partial charge >= 0.3 is 0 Å². The number of allylic oxidation sites excluding steroid dienone is 2. The number of aliphatic hydroxyl groups excluding tert-OH is 1. The Balaban J connectivity index is 2.07. The minimum atomic E-state index is 0.580. The first-order valence-electron chi connectivity index (χ1n) is 4.74. The number of hydrogen-bond donors (Lipinski definition) is 1. The quantitative estimate of drug-likeness (QED) is 0.562. The third kappa shape index (κ3) is 0.715. The summed E-state index contributed by atoms with van der Waals surface area (Å²) in [5, 5.41) is 9.71. The molecular weight excluding hydrogens is 136 g/mol. The molecule has 0 aromatic rings. The summed E-state index contributed by atoms with van der Waals surface area (Å²) in [4.78, 5) is 0. The van der Waals surface area contributed by atoms with Gasteiger partial charge in [0, 0.05) is 5.92 Å². The van der Waals surface area contributed by atoms with Gasteiger partial charge in [-0.2, -0.15) is 0 Å². The highest BCUT2D eigenvalue weighted by Crippen LogP contribution is 2.52. The van der Waals surface area contributed by atoms with E-state index in [2.05, 4.69) is 0 Å². The molecule has 2 unspecified atom stereocenters. The van der Waals surface area contributed by atoms with E-state index in [1.165, 1.54) is 37.7 Å². The van der Waals surface area contributed by atoms with Gasteiger partial charge in [0.05, 0.1) is 5.76 Å². The van der Waals surface area contributed by atoms with Gasteiger partial charge in [0.2, 0.25) is 0 Å². The van der Waals surface area contributed by atoms with E-state index in [4.69, 9.17) is 0 Å². The summed E-state index contributed by atoms with van der Waals surface area (Å²) in [6, 6.07) is 0. The molecule has 0 aromatic heterocycles. The van der Waals surface area contributed by atoms with Crippen molar-refractivity contribution in [3.05, 3.63) is 11.3 Å². The molecule has 0 radical (unpaired) electrons. The lowest BCUT2D eigenvalue weighted by Crippen LogP contribution is -2.34. The zero-order valence-electron chi connectivity index (χ0n) is 6.71. The SMILES string of the molecule is OC1=C2CC3CC(C2)CC1C3. The Labute approximate surface area is 67.1 Å². The molecule has 4 bridgehead atoms. The average molecular weight is 150 g/mol. The summed E-state index contributed by atoms with van der Waals surface area (Å²) in [7, 11) is 0. The highest BCUT2D eigenvalue weighted by Gasteiger charge is 2.41. The Morgan fingerprint density at radius 1 is 1.00 bits per heavy atom. The van der Waals surface area contributed by atoms with Crippen molar-refractivity contribution in [3.8, 4) is 0 Å². The first-order chi connectivity index (χ1) is 5.33. The average Bonchev–Trinajstić information content (AvgIpc) is 1.98. The van der Waals surface area contributed by atoms with Gasteiger partial charge in [-0.3, -0.25) is 0 Å². The Morgan fingerprint density at radius 3 is 2.18 bits per heavy atom. The topological polar surface area (TPSA) is 20.2 Å². The standard InChI is InChI=1S/C10H14O/c11-10-8-2-6-1-7(4-8)5-9(10)3-6/h6-8,11H,1-5H2. The molecule has 1 nitrogen and oxygen atoms in total. The second-order valence-corrected chi connectivity index (χ2v) is 4.53. The predicted molar refractivity (Wildman–Crippen MR) is 43.2 cm³/mol. The van der Waals surface area contributed by atoms with Gasteiger partial charge in [0.15, 0.2) is 0 Å². The third-order valence-corrected chi connectivity index (χ3v) is 3.72. The summed E-state index contributed by atoms with van der Waals surface area (Å²) in [6.07, 6.45) is 6.46. The number of rotatable bonds is 0. The van der Waals surface area contributed by atoms with Gasteiger partial charge < -0.3 is 5.11 Å². The minimum absolute atomic E-state index is 0.580. The van der Waals surface area contributed by atoms with Crippen LogP contribution < -0.4 is 0 Å². The lowest BCUT2D eigenvalue weighted by Gasteiger charge is -2.45. The van der Waals surface area contributed by atoms with Gasteiger partial charge in [-0.15, -0.1) is 0 Å². The van der Waals surface area contributed by atoms with Crippen LogP contribution in [0.1, 0.15) is 32.1 Å². The van der Waals surface area contributed by atoms with Crippen LogP contribution in [-0.4, -0.2) is 5.11 Å². The maximum atomic E-state index is 9.71. The van der Waals surface area contributed by atoms with E-state index in [1.807, 2.05) is 0 Å². The fourth-order valence-corrected chi connectivity index (χ4v) is 3.40. The molecule has 0 amide bonds. The minimum Gasteiger partial charge on any atom is -0.512 e. The van der Waals surface area contributed by atoms with Crippen molar-refractivity contribution in [1.29, 1.82) is 0 Å². The number of aliphatic hydroxyl groups is 1. The van der Waals surface area contributed by atoms with Crippen molar-refractivity contribution in [3.63, 3.8) is 0 Å². The van der Waals surface area contributed by atoms with Crippen LogP contribution in [-0.2, 0) is 0 Å². The van der Waals surface area contributed by atoms with E-state index in [1.54, 1.807) is 0 Å². The molecule has 0 aromatic carbocycles. The lowest BCUT2D eigenvalue weighted by molar-refractivity contribution is 0.112. The summed E-state index contributed by atoms with van der Waals surface area (Å²) in [5.74, 6) is 3.25. The van der Waals surface area contributed by atoms with Crippen molar-refractivity contribution in [2.75, 3.05) is 0 Å². The molecule has 0 saturated heterocycles. The molecule has 0 aliphatic heterocycles. The van der Waals surface area contributed by atoms with E-state index in [0.29, 0.717) is 5.92 Å². The second-order valence-electron chi connectivity index (χ2n) is 4.53. The van der Waals surface area contributed by atoms with Crippen LogP contribution in [0.25, 0.3) is 0 Å². The molecule has 1 N–H and O–H groups in total. The summed E-state index contributed by atoms with van der Waals surface area (Å²) < 4.78 is 0. The molecule has 11 heavy (non-hydrogen) atoms. The normalized spacial score (nSPS) is 47.1. The molecule has 0 heterocycles. The predicted octanol–water partition coefficient (Wildman–Crippen LogP) is 2.64. The number of hydrogen-bond acceptors (Lipinski definition) is 1. The van der Waals surface area contributed by atoms with E-state index < -0.39 is 0 Å². The van der Waals surface area contributed by atoms with Gasteiger partial charge in [-0.05, 0) is 49.5 Å². The van der Waals surface area contributed by atoms with Crippen LogP contribution in [0.15, 0.2) is 11.3 Å². The molecule has 60 valence electrons. The van der Waals surface area contributed by atoms with Crippen molar-refractivity contribution in [2.24, 2.45) is 17.8 Å². The molecule has 1 heteroatoms. The van der Waals surface area contributed by atoms with Crippen LogP contribution in [0.4, 0.5) is 0 Å². The molecule has 4 rings (SSSR count). The summed E-state index contributed by atoms with van der Waals surface area (Å²) in [6.45, 7) is 0. The van der Waals surface area contributed by atoms with Gasteiger partial charge in [0.25, 0.3) is 0 Å². The summed E-state index contributed by atoms with van der Waals surface area (Å²) >= 11 is 0. The van der Waals surface area contributed by atoms with Crippen molar-refractivity contribution in [2.45, 2.75) is 32.1 Å². The van der Waals surface area contributed by atoms with E-state index >= 15 is 0 Å². The van der Waals surface area contributed by atoms with E-state index in [0.717, 1.165) is 17.6 Å². The molecule has 0 spiro atoms. The van der Waals surface area contributed by atoms with Crippen LogP contribution >= 0.6 is 0 Å². The maximum absolute atomic E-state index is 9.71. The van der Waals surface area contributed by atoms with E-state index in [-0.39, 0.29) is 0 Å². The molecule has 2 saturated carbocycles. The maximum Gasteiger partial charge on any atom is 0.0945 e. The van der Waals surface area contributed by atoms with Crippen LogP contribution in [0.3, 0.4) is 0 Å². The monoisotopic (exact) mass is 150 g/mol. The Morgan fingerprint density at radius 2 is 1.64 bits per heavy atom. The molecule has 4 aliphatic rings. The largest absolute Gasteiger partial charge is 0.512 e. The lowest BCUT2D eigenvalue weighted by atomic mass is 9.60. The van der Waals surface area contributed by atoms with Gasteiger partial charge in [0.1, 0.15) is 0 Å². The highest BCUT2D eigenvalue weighted by atomic mass is 16.3. The highest BCUT2D eigenvalue weighted by molar-refractivity contribution is 5.22. The van der Waals surface area contributed by atoms with Gasteiger partial charge in [-0.1, -0.05) is 0 Å².